The van der Waals surface area contributed by atoms with Crippen LogP contribution >= 0.6 is 0 Å². The SMILES string of the molecule is NCCCC[C@@H]1Nc2ccc([N+](=O)[O-])cc2[C@@H](C(=O)NC2CCCCC2)N(Cc2ccccc2)C1=O. The number of fused-ring (bicyclic) bond motifs is 1. The van der Waals surface area contributed by atoms with Crippen molar-refractivity contribution in [3.8, 4) is 0 Å². The molecular weight excluding hydrogens is 458 g/mol. The summed E-state index contributed by atoms with van der Waals surface area (Å²) in [6, 6.07) is 12.5. The Kier molecular flexibility index (Phi) is 8.53. The number of benzene rings is 2. The fraction of sp³-hybridized carbons (Fsp3) is 0.481. The minimum atomic E-state index is -0.985. The van der Waals surface area contributed by atoms with Crippen LogP contribution in [-0.2, 0) is 16.1 Å². The summed E-state index contributed by atoms with van der Waals surface area (Å²) in [6.07, 6.45) is 7.12. The number of non-ortho nitro benzene ring substituents is 1. The Balaban J connectivity index is 1.77. The second kappa shape index (κ2) is 12.0. The molecule has 1 saturated carbocycles. The standard InChI is InChI=1S/C27H35N5O4/c28-16-8-7-13-24-27(34)31(18-19-9-3-1-4-10-19)25(26(33)29-20-11-5-2-6-12-20)22-17-21(32(35)36)14-15-23(22)30-24/h1,3-4,9-10,14-15,17,20,24-25,30H,2,5-8,11-13,16,18,28H2,(H,29,33)/t24-,25-/m0/s1. The first-order chi connectivity index (χ1) is 17.5. The van der Waals surface area contributed by atoms with Crippen molar-refractivity contribution >= 4 is 23.2 Å². The van der Waals surface area contributed by atoms with Gasteiger partial charge in [-0.3, -0.25) is 19.7 Å². The average molecular weight is 494 g/mol. The van der Waals surface area contributed by atoms with Crippen LogP contribution in [0.4, 0.5) is 11.4 Å². The summed E-state index contributed by atoms with van der Waals surface area (Å²) < 4.78 is 0. The topological polar surface area (TPSA) is 131 Å². The van der Waals surface area contributed by atoms with Gasteiger partial charge in [-0.1, -0.05) is 49.6 Å². The third kappa shape index (κ3) is 6.02. The number of hydrogen-bond acceptors (Lipinski definition) is 6. The highest BCUT2D eigenvalue weighted by Gasteiger charge is 2.40. The third-order valence-electron chi connectivity index (χ3n) is 7.11. The fourth-order valence-electron chi connectivity index (χ4n) is 5.21. The van der Waals surface area contributed by atoms with E-state index in [4.69, 9.17) is 5.73 Å². The van der Waals surface area contributed by atoms with Crippen LogP contribution in [0.15, 0.2) is 48.5 Å². The van der Waals surface area contributed by atoms with Crippen molar-refractivity contribution in [1.82, 2.24) is 10.2 Å². The highest BCUT2D eigenvalue weighted by molar-refractivity contribution is 5.95. The number of nitrogens with two attached hydrogens (primary N) is 1. The number of amides is 2. The largest absolute Gasteiger partial charge is 0.373 e. The maximum atomic E-state index is 14.0. The minimum Gasteiger partial charge on any atom is -0.373 e. The number of nitro groups is 1. The maximum Gasteiger partial charge on any atom is 0.269 e. The van der Waals surface area contributed by atoms with Crippen LogP contribution in [0.3, 0.4) is 0 Å². The van der Waals surface area contributed by atoms with Gasteiger partial charge in [-0.15, -0.1) is 0 Å². The molecule has 2 amide bonds. The first kappa shape index (κ1) is 25.6. The van der Waals surface area contributed by atoms with E-state index in [1.165, 1.54) is 12.1 Å². The van der Waals surface area contributed by atoms with Gasteiger partial charge < -0.3 is 21.3 Å². The summed E-state index contributed by atoms with van der Waals surface area (Å²) in [4.78, 5) is 40.6. The molecule has 36 heavy (non-hydrogen) atoms. The molecule has 2 aliphatic rings. The zero-order chi connectivity index (χ0) is 25.5. The highest BCUT2D eigenvalue weighted by atomic mass is 16.6. The van der Waals surface area contributed by atoms with Crippen LogP contribution in [0.5, 0.6) is 0 Å². The van der Waals surface area contributed by atoms with Crippen molar-refractivity contribution < 1.29 is 14.5 Å². The average Bonchev–Trinajstić information content (AvgIpc) is 2.99. The van der Waals surface area contributed by atoms with Gasteiger partial charge in [0.2, 0.25) is 11.8 Å². The molecule has 9 heteroatoms. The minimum absolute atomic E-state index is 0.0404. The number of hydrogen-bond donors (Lipinski definition) is 3. The number of carbonyl (C=O) groups excluding carboxylic acids is 2. The van der Waals surface area contributed by atoms with Crippen molar-refractivity contribution in [2.75, 3.05) is 11.9 Å². The lowest BCUT2D eigenvalue weighted by Crippen LogP contribution is -2.48. The monoisotopic (exact) mass is 493 g/mol. The van der Waals surface area contributed by atoms with Gasteiger partial charge in [-0.05, 0) is 50.3 Å². The zero-order valence-electron chi connectivity index (χ0n) is 20.5. The van der Waals surface area contributed by atoms with Crippen LogP contribution in [0.1, 0.15) is 68.5 Å². The Hall–Kier alpha value is -3.46. The second-order valence-corrected chi connectivity index (χ2v) is 9.71. The number of nitrogens with one attached hydrogen (secondary N) is 2. The summed E-state index contributed by atoms with van der Waals surface area (Å²) in [5.41, 5.74) is 7.47. The number of anilines is 1. The molecule has 0 radical (unpaired) electrons. The summed E-state index contributed by atoms with van der Waals surface area (Å²) >= 11 is 0. The third-order valence-corrected chi connectivity index (χ3v) is 7.11. The van der Waals surface area contributed by atoms with Gasteiger partial charge in [-0.2, -0.15) is 0 Å². The van der Waals surface area contributed by atoms with E-state index < -0.39 is 17.0 Å². The summed E-state index contributed by atoms with van der Waals surface area (Å²) in [5.74, 6) is -0.490. The highest BCUT2D eigenvalue weighted by Crippen LogP contribution is 2.37. The van der Waals surface area contributed by atoms with Gasteiger partial charge >= 0.3 is 0 Å². The van der Waals surface area contributed by atoms with E-state index in [0.717, 1.165) is 50.5 Å². The molecule has 1 aliphatic heterocycles. The van der Waals surface area contributed by atoms with Crippen LogP contribution in [0.2, 0.25) is 0 Å². The second-order valence-electron chi connectivity index (χ2n) is 9.71. The Morgan fingerprint density at radius 1 is 1.11 bits per heavy atom. The Labute approximate surface area is 211 Å². The van der Waals surface area contributed by atoms with E-state index in [2.05, 4.69) is 10.6 Å². The first-order valence-electron chi connectivity index (χ1n) is 12.9. The molecule has 4 N–H and O–H groups in total. The van der Waals surface area contributed by atoms with Crippen molar-refractivity contribution in [2.24, 2.45) is 5.73 Å². The number of nitrogens with zero attached hydrogens (tertiary/aromatic N) is 2. The predicted octanol–water partition coefficient (Wildman–Crippen LogP) is 4.04. The predicted molar refractivity (Wildman–Crippen MR) is 138 cm³/mol. The van der Waals surface area contributed by atoms with E-state index in [9.17, 15) is 19.7 Å². The van der Waals surface area contributed by atoms with Gasteiger partial charge in [0.05, 0.1) is 4.92 Å². The van der Waals surface area contributed by atoms with Gasteiger partial charge in [0.25, 0.3) is 5.69 Å². The molecule has 9 nitrogen and oxygen atoms in total. The zero-order valence-corrected chi connectivity index (χ0v) is 20.5. The van der Waals surface area contributed by atoms with E-state index >= 15 is 0 Å². The first-order valence-corrected chi connectivity index (χ1v) is 12.9. The normalized spacial score (nSPS) is 20.2. The molecule has 0 bridgehead atoms. The van der Waals surface area contributed by atoms with Crippen molar-refractivity contribution in [1.29, 1.82) is 0 Å². The Bertz CT molecular complexity index is 1070. The molecule has 4 rings (SSSR count). The summed E-state index contributed by atoms with van der Waals surface area (Å²) in [7, 11) is 0. The molecular formula is C27H35N5O4. The number of carbonyl (C=O) groups is 2. The summed E-state index contributed by atoms with van der Waals surface area (Å²) in [5, 5.41) is 18.1. The van der Waals surface area contributed by atoms with Crippen LogP contribution < -0.4 is 16.4 Å². The maximum absolute atomic E-state index is 14.0. The summed E-state index contributed by atoms with van der Waals surface area (Å²) in [6.45, 7) is 0.753. The van der Waals surface area contributed by atoms with Crippen molar-refractivity contribution in [2.45, 2.75) is 76.0 Å². The van der Waals surface area contributed by atoms with E-state index in [1.54, 1.807) is 11.0 Å². The van der Waals surface area contributed by atoms with Crippen LogP contribution in [0.25, 0.3) is 0 Å². The van der Waals surface area contributed by atoms with E-state index in [-0.39, 0.29) is 30.1 Å². The van der Waals surface area contributed by atoms with Crippen LogP contribution in [0, 0.1) is 10.1 Å². The molecule has 192 valence electrons. The molecule has 2 aromatic rings. The van der Waals surface area contributed by atoms with Gasteiger partial charge in [0.1, 0.15) is 12.1 Å². The molecule has 2 atom stereocenters. The van der Waals surface area contributed by atoms with Gasteiger partial charge in [0, 0.05) is 36.0 Å². The Morgan fingerprint density at radius 2 is 1.86 bits per heavy atom. The molecule has 0 spiro atoms. The van der Waals surface area contributed by atoms with Crippen molar-refractivity contribution in [3.05, 3.63) is 69.8 Å². The lowest BCUT2D eigenvalue weighted by molar-refractivity contribution is -0.384. The lowest BCUT2D eigenvalue weighted by Gasteiger charge is -2.33. The molecule has 1 aliphatic carbocycles. The number of nitro benzene ring substituents is 1. The van der Waals surface area contributed by atoms with Crippen molar-refractivity contribution in [3.63, 3.8) is 0 Å². The molecule has 0 unspecified atom stereocenters. The van der Waals surface area contributed by atoms with E-state index in [1.807, 2.05) is 30.3 Å². The smallest absolute Gasteiger partial charge is 0.269 e. The molecule has 0 saturated heterocycles. The number of rotatable bonds is 9. The molecule has 2 aromatic carbocycles. The Morgan fingerprint density at radius 3 is 2.56 bits per heavy atom. The molecule has 0 aromatic heterocycles. The van der Waals surface area contributed by atoms with Crippen LogP contribution in [-0.4, -0.2) is 40.3 Å². The lowest BCUT2D eigenvalue weighted by atomic mass is 9.94. The fourth-order valence-corrected chi connectivity index (χ4v) is 5.21. The molecule has 1 heterocycles. The van der Waals surface area contributed by atoms with Gasteiger partial charge in [0.15, 0.2) is 0 Å². The number of unbranched alkanes of at least 4 members (excludes halogenated alkanes) is 1. The van der Waals surface area contributed by atoms with E-state index in [0.29, 0.717) is 24.2 Å². The van der Waals surface area contributed by atoms with Gasteiger partial charge in [-0.25, -0.2) is 0 Å². The molecule has 1 fully saturated rings. The quantitative estimate of drug-likeness (QED) is 0.275.